The van der Waals surface area contributed by atoms with Crippen molar-refractivity contribution < 1.29 is 28.5 Å². The molecule has 0 radical (unpaired) electrons. The average molecular weight is 509 g/mol. The second kappa shape index (κ2) is 15.2. The minimum absolute atomic E-state index is 0.0631. The fraction of sp³-hybridized carbons (Fsp3) is 0.417. The third-order valence-corrected chi connectivity index (χ3v) is 6.96. The summed E-state index contributed by atoms with van der Waals surface area (Å²) in [5, 5.41) is 5.78. The maximum atomic E-state index is 12.0. The van der Waals surface area contributed by atoms with Crippen molar-refractivity contribution in [1.29, 1.82) is 0 Å². The van der Waals surface area contributed by atoms with E-state index >= 15 is 0 Å². The van der Waals surface area contributed by atoms with Crippen molar-refractivity contribution in [3.05, 3.63) is 47.5 Å². The van der Waals surface area contributed by atoms with Crippen molar-refractivity contribution in [2.45, 2.75) is 12.8 Å². The standard InChI is InChI=1S/C24H32N2O6S2/c1-29-19-7-5-17(13-21(19)31-3)9-11-25-23(27)15-33-34-16-24(28)26-12-10-18-6-8-20(30-2)22(14-18)32-4/h5-8,13-14H,9-12,15-16H2,1-4H3,(H,25,27)(H,26,28). The smallest absolute Gasteiger partial charge is 0.230 e. The Morgan fingerprint density at radius 2 is 1.03 bits per heavy atom. The van der Waals surface area contributed by atoms with E-state index in [0.717, 1.165) is 11.1 Å². The lowest BCUT2D eigenvalue weighted by Crippen LogP contribution is -2.28. The number of nitrogens with one attached hydrogen (secondary N) is 2. The number of carbonyl (C=O) groups is 2. The SMILES string of the molecule is COc1ccc(CCNC(=O)CSSCC(=O)NCCc2ccc(OC)c(OC)c2)cc1OC. The van der Waals surface area contributed by atoms with E-state index in [1.54, 1.807) is 28.4 Å². The van der Waals surface area contributed by atoms with Gasteiger partial charge in [0.15, 0.2) is 23.0 Å². The summed E-state index contributed by atoms with van der Waals surface area (Å²) in [7, 11) is 9.10. The zero-order chi connectivity index (χ0) is 24.8. The summed E-state index contributed by atoms with van der Waals surface area (Å²) in [6.07, 6.45) is 1.37. The quantitative estimate of drug-likeness (QED) is 0.280. The number of methoxy groups -OCH3 is 4. The maximum Gasteiger partial charge on any atom is 0.230 e. The Morgan fingerprint density at radius 3 is 1.38 bits per heavy atom. The highest BCUT2D eigenvalue weighted by molar-refractivity contribution is 8.77. The van der Waals surface area contributed by atoms with Crippen LogP contribution in [0.4, 0.5) is 0 Å². The molecule has 0 unspecified atom stereocenters. The summed E-state index contributed by atoms with van der Waals surface area (Å²) in [4.78, 5) is 24.0. The van der Waals surface area contributed by atoms with Gasteiger partial charge in [0.25, 0.3) is 0 Å². The molecule has 0 atom stereocenters. The highest BCUT2D eigenvalue weighted by Gasteiger charge is 2.08. The van der Waals surface area contributed by atoms with Crippen molar-refractivity contribution in [1.82, 2.24) is 10.6 Å². The Morgan fingerprint density at radius 1 is 0.647 bits per heavy atom. The molecule has 0 aromatic heterocycles. The first-order valence-electron chi connectivity index (χ1n) is 10.7. The van der Waals surface area contributed by atoms with Gasteiger partial charge in [-0.15, -0.1) is 0 Å². The van der Waals surface area contributed by atoms with Crippen molar-refractivity contribution >= 4 is 33.4 Å². The van der Waals surface area contributed by atoms with Gasteiger partial charge in [0.2, 0.25) is 11.8 Å². The zero-order valence-corrected chi connectivity index (χ0v) is 21.6. The number of ether oxygens (including phenoxy) is 4. The van der Waals surface area contributed by atoms with Crippen LogP contribution in [0.5, 0.6) is 23.0 Å². The Kier molecular flexibility index (Phi) is 12.3. The Labute approximate surface area is 208 Å². The topological polar surface area (TPSA) is 95.1 Å². The molecule has 2 amide bonds. The number of carbonyl (C=O) groups excluding carboxylic acids is 2. The predicted molar refractivity (Wildman–Crippen MR) is 137 cm³/mol. The summed E-state index contributed by atoms with van der Waals surface area (Å²) < 4.78 is 21.0. The molecular weight excluding hydrogens is 476 g/mol. The normalized spacial score (nSPS) is 10.4. The van der Waals surface area contributed by atoms with Crippen molar-refractivity contribution in [2.24, 2.45) is 0 Å². The van der Waals surface area contributed by atoms with E-state index in [9.17, 15) is 9.59 Å². The molecule has 0 spiro atoms. The van der Waals surface area contributed by atoms with Crippen LogP contribution >= 0.6 is 21.6 Å². The van der Waals surface area contributed by atoms with Crippen LogP contribution in [0.25, 0.3) is 0 Å². The highest BCUT2D eigenvalue weighted by atomic mass is 33.1. The van der Waals surface area contributed by atoms with Gasteiger partial charge in [0.05, 0.1) is 39.9 Å². The van der Waals surface area contributed by atoms with Crippen LogP contribution in [0.2, 0.25) is 0 Å². The summed E-state index contributed by atoms with van der Waals surface area (Å²) in [5.74, 6) is 3.13. The van der Waals surface area contributed by atoms with Gasteiger partial charge in [-0.1, -0.05) is 33.7 Å². The molecule has 8 nitrogen and oxygen atoms in total. The number of hydrogen-bond acceptors (Lipinski definition) is 8. The van der Waals surface area contributed by atoms with Crippen LogP contribution in [0.1, 0.15) is 11.1 Å². The molecule has 2 rings (SSSR count). The van der Waals surface area contributed by atoms with Crippen molar-refractivity contribution in [3.8, 4) is 23.0 Å². The van der Waals surface area contributed by atoms with Gasteiger partial charge in [0.1, 0.15) is 0 Å². The molecule has 2 aromatic rings. The molecule has 34 heavy (non-hydrogen) atoms. The fourth-order valence-corrected chi connectivity index (χ4v) is 4.78. The molecule has 2 N–H and O–H groups in total. The third kappa shape index (κ3) is 9.26. The Bertz CT molecular complexity index is 866. The summed E-state index contributed by atoms with van der Waals surface area (Å²) >= 11 is 0. The summed E-state index contributed by atoms with van der Waals surface area (Å²) in [5.41, 5.74) is 2.09. The van der Waals surface area contributed by atoms with E-state index < -0.39 is 0 Å². The van der Waals surface area contributed by atoms with Gasteiger partial charge in [-0.3, -0.25) is 9.59 Å². The largest absolute Gasteiger partial charge is 0.493 e. The zero-order valence-electron chi connectivity index (χ0n) is 20.0. The molecule has 0 heterocycles. The molecule has 2 aromatic carbocycles. The molecule has 10 heteroatoms. The summed E-state index contributed by atoms with van der Waals surface area (Å²) in [6, 6.07) is 11.4. The minimum atomic E-state index is -0.0631. The van der Waals surface area contributed by atoms with Gasteiger partial charge < -0.3 is 29.6 Å². The van der Waals surface area contributed by atoms with E-state index in [0.29, 0.717) is 48.9 Å². The van der Waals surface area contributed by atoms with E-state index in [4.69, 9.17) is 18.9 Å². The van der Waals surface area contributed by atoms with Crippen LogP contribution < -0.4 is 29.6 Å². The second-order valence-electron chi connectivity index (χ2n) is 7.10. The maximum absolute atomic E-state index is 12.0. The molecule has 0 saturated carbocycles. The number of benzene rings is 2. The lowest BCUT2D eigenvalue weighted by molar-refractivity contribution is -0.119. The molecule has 0 saturated heterocycles. The molecule has 0 aliphatic heterocycles. The van der Waals surface area contributed by atoms with Crippen molar-refractivity contribution in [2.75, 3.05) is 53.0 Å². The van der Waals surface area contributed by atoms with Gasteiger partial charge in [-0.25, -0.2) is 0 Å². The summed E-state index contributed by atoms with van der Waals surface area (Å²) in [6.45, 7) is 1.05. The molecule has 186 valence electrons. The van der Waals surface area contributed by atoms with Crippen LogP contribution in [-0.2, 0) is 22.4 Å². The lowest BCUT2D eigenvalue weighted by Gasteiger charge is -2.10. The highest BCUT2D eigenvalue weighted by Crippen LogP contribution is 2.28. The van der Waals surface area contributed by atoms with Gasteiger partial charge >= 0.3 is 0 Å². The van der Waals surface area contributed by atoms with Gasteiger partial charge in [-0.2, -0.15) is 0 Å². The average Bonchev–Trinajstić information content (AvgIpc) is 2.86. The second-order valence-corrected chi connectivity index (χ2v) is 9.57. The first-order chi connectivity index (χ1) is 16.5. The first kappa shape index (κ1) is 27.5. The van der Waals surface area contributed by atoms with Crippen LogP contribution in [0.3, 0.4) is 0 Å². The molecule has 0 aliphatic rings. The van der Waals surface area contributed by atoms with Crippen LogP contribution in [-0.4, -0.2) is 64.8 Å². The first-order valence-corrected chi connectivity index (χ1v) is 13.2. The number of rotatable bonds is 15. The van der Waals surface area contributed by atoms with E-state index in [1.165, 1.54) is 21.6 Å². The van der Waals surface area contributed by atoms with Gasteiger partial charge in [-0.05, 0) is 48.2 Å². The van der Waals surface area contributed by atoms with Crippen LogP contribution in [0.15, 0.2) is 36.4 Å². The van der Waals surface area contributed by atoms with E-state index in [2.05, 4.69) is 10.6 Å². The molecule has 0 aliphatic carbocycles. The van der Waals surface area contributed by atoms with E-state index in [-0.39, 0.29) is 23.3 Å². The monoisotopic (exact) mass is 508 g/mol. The van der Waals surface area contributed by atoms with Crippen molar-refractivity contribution in [3.63, 3.8) is 0 Å². The minimum Gasteiger partial charge on any atom is -0.493 e. The number of hydrogen-bond donors (Lipinski definition) is 2. The number of amides is 2. The van der Waals surface area contributed by atoms with Crippen LogP contribution in [0, 0.1) is 0 Å². The molecule has 0 bridgehead atoms. The predicted octanol–water partition coefficient (Wildman–Crippen LogP) is 3.12. The van der Waals surface area contributed by atoms with Gasteiger partial charge in [0, 0.05) is 13.1 Å². The molecular formula is C24H32N2O6S2. The fourth-order valence-electron chi connectivity index (χ4n) is 3.06. The lowest BCUT2D eigenvalue weighted by atomic mass is 10.1. The van der Waals surface area contributed by atoms with E-state index in [1.807, 2.05) is 36.4 Å². The molecule has 0 fully saturated rings. The third-order valence-electron chi connectivity index (χ3n) is 4.83. The Hall–Kier alpha value is -2.72. The Balaban J connectivity index is 1.57.